The van der Waals surface area contributed by atoms with Crippen LogP contribution < -0.4 is 11.1 Å². The first-order chi connectivity index (χ1) is 9.60. The second-order valence-corrected chi connectivity index (χ2v) is 5.70. The van der Waals surface area contributed by atoms with E-state index in [2.05, 4.69) is 47.3 Å². The van der Waals surface area contributed by atoms with E-state index < -0.39 is 0 Å². The van der Waals surface area contributed by atoms with Gasteiger partial charge in [-0.15, -0.1) is 0 Å². The van der Waals surface area contributed by atoms with Crippen molar-refractivity contribution in [3.05, 3.63) is 35.4 Å². The molecule has 4 nitrogen and oxygen atoms in total. The van der Waals surface area contributed by atoms with Crippen LogP contribution in [0.5, 0.6) is 0 Å². The van der Waals surface area contributed by atoms with Crippen LogP contribution in [0.2, 0.25) is 0 Å². The maximum Gasteiger partial charge on any atom is 0.222 e. The van der Waals surface area contributed by atoms with Crippen molar-refractivity contribution < 1.29 is 0 Å². The molecule has 0 unspecified atom stereocenters. The lowest BCUT2D eigenvalue weighted by atomic mass is 10.0. The topological polar surface area (TPSA) is 63.8 Å². The first-order valence-electron chi connectivity index (χ1n) is 7.07. The smallest absolute Gasteiger partial charge is 0.222 e. The van der Waals surface area contributed by atoms with Crippen LogP contribution >= 0.6 is 0 Å². The normalized spacial score (nSPS) is 14.3. The second kappa shape index (κ2) is 5.12. The first-order valence-corrected chi connectivity index (χ1v) is 7.07. The van der Waals surface area contributed by atoms with E-state index in [1.54, 1.807) is 0 Å². The van der Waals surface area contributed by atoms with Crippen molar-refractivity contribution in [1.82, 2.24) is 9.97 Å². The van der Waals surface area contributed by atoms with Crippen molar-refractivity contribution in [2.45, 2.75) is 26.7 Å². The number of benzene rings is 1. The van der Waals surface area contributed by atoms with Gasteiger partial charge >= 0.3 is 0 Å². The molecule has 0 saturated heterocycles. The van der Waals surface area contributed by atoms with E-state index >= 15 is 0 Å². The van der Waals surface area contributed by atoms with E-state index in [9.17, 15) is 0 Å². The zero-order chi connectivity index (χ0) is 14.1. The highest BCUT2D eigenvalue weighted by Gasteiger charge is 2.20. The average Bonchev–Trinajstić information content (AvgIpc) is 3.18. The molecule has 2 aromatic rings. The molecule has 0 aliphatic heterocycles. The van der Waals surface area contributed by atoms with Gasteiger partial charge in [0.15, 0.2) is 0 Å². The van der Waals surface area contributed by atoms with Crippen LogP contribution in [0.3, 0.4) is 0 Å². The summed E-state index contributed by atoms with van der Waals surface area (Å²) in [6.45, 7) is 5.16. The van der Waals surface area contributed by atoms with Crippen LogP contribution in [-0.2, 0) is 0 Å². The molecule has 0 amide bonds. The van der Waals surface area contributed by atoms with Crippen LogP contribution in [0.1, 0.15) is 24.0 Å². The molecule has 20 heavy (non-hydrogen) atoms. The molecule has 3 N–H and O–H groups in total. The zero-order valence-corrected chi connectivity index (χ0v) is 12.0. The lowest BCUT2D eigenvalue weighted by molar-refractivity contribution is 0.882. The molecule has 4 heteroatoms. The Morgan fingerprint density at radius 3 is 2.45 bits per heavy atom. The van der Waals surface area contributed by atoms with Crippen LogP contribution in [0.25, 0.3) is 11.3 Å². The summed E-state index contributed by atoms with van der Waals surface area (Å²) in [6.07, 6.45) is 2.63. The lowest BCUT2D eigenvalue weighted by Crippen LogP contribution is -2.07. The number of nitrogens with zero attached hydrogens (tertiary/aromatic N) is 2. The van der Waals surface area contributed by atoms with Gasteiger partial charge in [-0.3, -0.25) is 0 Å². The number of hydrogen-bond donors (Lipinski definition) is 2. The van der Waals surface area contributed by atoms with Crippen molar-refractivity contribution in [2.24, 2.45) is 5.92 Å². The van der Waals surface area contributed by atoms with Crippen molar-refractivity contribution in [1.29, 1.82) is 0 Å². The highest BCUT2D eigenvalue weighted by molar-refractivity contribution is 5.65. The Kier molecular flexibility index (Phi) is 3.30. The van der Waals surface area contributed by atoms with E-state index in [4.69, 9.17) is 5.73 Å². The Morgan fingerprint density at radius 2 is 1.80 bits per heavy atom. The summed E-state index contributed by atoms with van der Waals surface area (Å²) in [5.74, 6) is 1.94. The number of aryl methyl sites for hydroxylation is 2. The Bertz CT molecular complexity index is 612. The van der Waals surface area contributed by atoms with Crippen molar-refractivity contribution in [2.75, 3.05) is 17.6 Å². The minimum Gasteiger partial charge on any atom is -0.370 e. The van der Waals surface area contributed by atoms with Crippen molar-refractivity contribution >= 4 is 11.8 Å². The molecular weight excluding hydrogens is 248 g/mol. The van der Waals surface area contributed by atoms with Crippen LogP contribution in [0.15, 0.2) is 24.3 Å². The number of hydrogen-bond acceptors (Lipinski definition) is 4. The Hall–Kier alpha value is -2.10. The van der Waals surface area contributed by atoms with E-state index in [0.29, 0.717) is 5.95 Å². The lowest BCUT2D eigenvalue weighted by Gasteiger charge is -2.09. The number of nitrogen functional groups attached to an aromatic ring is 1. The number of aromatic nitrogens is 2. The summed E-state index contributed by atoms with van der Waals surface area (Å²) in [6, 6.07) is 8.38. The highest BCUT2D eigenvalue weighted by Crippen LogP contribution is 2.29. The molecule has 0 spiro atoms. The molecule has 1 aromatic heterocycles. The minimum absolute atomic E-state index is 0.319. The van der Waals surface area contributed by atoms with E-state index in [1.165, 1.54) is 24.0 Å². The summed E-state index contributed by atoms with van der Waals surface area (Å²) in [5.41, 5.74) is 10.3. The number of anilines is 2. The van der Waals surface area contributed by atoms with Crippen LogP contribution in [-0.4, -0.2) is 16.5 Å². The van der Waals surface area contributed by atoms with Crippen LogP contribution in [0.4, 0.5) is 11.8 Å². The van der Waals surface area contributed by atoms with Gasteiger partial charge in [0.2, 0.25) is 5.95 Å². The van der Waals surface area contributed by atoms with Gasteiger partial charge in [-0.25, -0.2) is 4.98 Å². The number of nitrogens with two attached hydrogens (primary N) is 1. The third-order valence-electron chi connectivity index (χ3n) is 3.53. The quantitative estimate of drug-likeness (QED) is 0.894. The standard InChI is InChI=1S/C16H20N4/c1-10-5-11(2)7-13(6-10)14-8-15(20-16(17)19-14)18-9-12-3-4-12/h5-8,12H,3-4,9H2,1-2H3,(H3,17,18,19,20). The van der Waals surface area contributed by atoms with Gasteiger partial charge in [0.25, 0.3) is 0 Å². The highest BCUT2D eigenvalue weighted by atomic mass is 15.1. The Balaban J connectivity index is 1.90. The SMILES string of the molecule is Cc1cc(C)cc(-c2cc(NCC3CC3)nc(N)n2)c1. The maximum absolute atomic E-state index is 5.83. The fourth-order valence-corrected chi connectivity index (χ4v) is 2.40. The van der Waals surface area contributed by atoms with E-state index in [1.807, 2.05) is 6.07 Å². The minimum atomic E-state index is 0.319. The molecule has 0 bridgehead atoms. The zero-order valence-electron chi connectivity index (χ0n) is 12.0. The first kappa shape index (κ1) is 12.9. The molecule has 3 rings (SSSR count). The summed E-state index contributed by atoms with van der Waals surface area (Å²) >= 11 is 0. The molecule has 1 aromatic carbocycles. The molecule has 1 heterocycles. The van der Waals surface area contributed by atoms with Gasteiger partial charge in [0.05, 0.1) is 5.69 Å². The van der Waals surface area contributed by atoms with Gasteiger partial charge in [-0.2, -0.15) is 4.98 Å². The van der Waals surface area contributed by atoms with Gasteiger partial charge in [-0.1, -0.05) is 17.2 Å². The van der Waals surface area contributed by atoms with Gasteiger partial charge in [0.1, 0.15) is 5.82 Å². The third-order valence-corrected chi connectivity index (χ3v) is 3.53. The molecule has 1 fully saturated rings. The predicted molar refractivity (Wildman–Crippen MR) is 82.6 cm³/mol. The number of rotatable bonds is 4. The van der Waals surface area contributed by atoms with Gasteiger partial charge in [-0.05, 0) is 44.7 Å². The molecule has 1 aliphatic carbocycles. The second-order valence-electron chi connectivity index (χ2n) is 5.70. The Labute approximate surface area is 119 Å². The summed E-state index contributed by atoms with van der Waals surface area (Å²) in [7, 11) is 0. The van der Waals surface area contributed by atoms with E-state index in [-0.39, 0.29) is 0 Å². The molecule has 0 radical (unpaired) electrons. The maximum atomic E-state index is 5.83. The van der Waals surface area contributed by atoms with Gasteiger partial charge in [0, 0.05) is 18.2 Å². The summed E-state index contributed by atoms with van der Waals surface area (Å²) < 4.78 is 0. The number of nitrogens with one attached hydrogen (secondary N) is 1. The molecule has 104 valence electrons. The summed E-state index contributed by atoms with van der Waals surface area (Å²) in [5, 5.41) is 3.36. The molecule has 1 aliphatic rings. The largest absolute Gasteiger partial charge is 0.370 e. The molecule has 0 atom stereocenters. The van der Waals surface area contributed by atoms with Crippen molar-refractivity contribution in [3.8, 4) is 11.3 Å². The Morgan fingerprint density at radius 1 is 1.10 bits per heavy atom. The monoisotopic (exact) mass is 268 g/mol. The van der Waals surface area contributed by atoms with Crippen molar-refractivity contribution in [3.63, 3.8) is 0 Å². The molecular formula is C16H20N4. The predicted octanol–water partition coefficient (Wildman–Crippen LogP) is 3.16. The fourth-order valence-electron chi connectivity index (χ4n) is 2.40. The fraction of sp³-hybridized carbons (Fsp3) is 0.375. The van der Waals surface area contributed by atoms with E-state index in [0.717, 1.165) is 29.5 Å². The van der Waals surface area contributed by atoms with Gasteiger partial charge < -0.3 is 11.1 Å². The third kappa shape index (κ3) is 3.07. The van der Waals surface area contributed by atoms with Crippen LogP contribution in [0, 0.1) is 19.8 Å². The average molecular weight is 268 g/mol. The molecule has 1 saturated carbocycles. The summed E-state index contributed by atoms with van der Waals surface area (Å²) in [4.78, 5) is 8.62.